The first-order chi connectivity index (χ1) is 16.1. The lowest BCUT2D eigenvalue weighted by atomic mass is 10.1. The van der Waals surface area contributed by atoms with E-state index in [1.807, 2.05) is 60.7 Å². The summed E-state index contributed by atoms with van der Waals surface area (Å²) >= 11 is 0. The summed E-state index contributed by atoms with van der Waals surface area (Å²) in [7, 11) is 0. The number of nitrogens with one attached hydrogen (secondary N) is 1. The monoisotopic (exact) mass is 443 g/mol. The van der Waals surface area contributed by atoms with Gasteiger partial charge in [-0.25, -0.2) is 5.43 Å². The van der Waals surface area contributed by atoms with E-state index in [2.05, 4.69) is 39.7 Å². The summed E-state index contributed by atoms with van der Waals surface area (Å²) in [5.41, 5.74) is 6.60. The second-order valence-corrected chi connectivity index (χ2v) is 7.70. The lowest BCUT2D eigenvalue weighted by Gasteiger charge is -2.25. The highest BCUT2D eigenvalue weighted by Crippen LogP contribution is 2.33. The van der Waals surface area contributed by atoms with Crippen LogP contribution in [0.5, 0.6) is 0 Å². The number of amides is 1. The van der Waals surface area contributed by atoms with E-state index < -0.39 is 5.97 Å². The summed E-state index contributed by atoms with van der Waals surface area (Å²) in [6.45, 7) is 0. The van der Waals surface area contributed by atoms with E-state index in [4.69, 9.17) is 5.11 Å². The molecule has 0 saturated heterocycles. The van der Waals surface area contributed by atoms with Crippen molar-refractivity contribution in [2.24, 2.45) is 5.10 Å². The van der Waals surface area contributed by atoms with Crippen molar-refractivity contribution in [3.63, 3.8) is 0 Å². The number of carboxylic acid groups (broad SMARTS) is 1. The van der Waals surface area contributed by atoms with Gasteiger partial charge in [0.25, 0.3) is 0 Å². The van der Waals surface area contributed by atoms with Crippen LogP contribution in [0.4, 0.5) is 17.1 Å². The van der Waals surface area contributed by atoms with Crippen LogP contribution in [0.15, 0.2) is 90.0 Å². The van der Waals surface area contributed by atoms with Crippen LogP contribution in [0.3, 0.4) is 0 Å². The zero-order chi connectivity index (χ0) is 23.3. The Kier molecular flexibility index (Phi) is 9.21. The summed E-state index contributed by atoms with van der Waals surface area (Å²) in [6, 6.07) is 28.4. The van der Waals surface area contributed by atoms with Crippen molar-refractivity contribution in [3.05, 3.63) is 90.5 Å². The molecule has 0 unspecified atom stereocenters. The number of unbranched alkanes of at least 4 members (excludes halogenated alkanes) is 3. The van der Waals surface area contributed by atoms with Gasteiger partial charge < -0.3 is 10.0 Å². The molecule has 1 amide bonds. The lowest BCUT2D eigenvalue weighted by molar-refractivity contribution is -0.137. The maximum absolute atomic E-state index is 11.9. The molecular formula is C27H29N3O3. The molecule has 0 aliphatic carbocycles. The van der Waals surface area contributed by atoms with Crippen LogP contribution in [0.1, 0.15) is 44.1 Å². The van der Waals surface area contributed by atoms with E-state index in [0.717, 1.165) is 41.9 Å². The number of para-hydroxylation sites is 2. The first kappa shape index (κ1) is 23.7. The van der Waals surface area contributed by atoms with E-state index in [9.17, 15) is 9.59 Å². The molecule has 6 heteroatoms. The number of carbonyl (C=O) groups is 2. The average molecular weight is 444 g/mol. The molecule has 33 heavy (non-hydrogen) atoms. The number of rotatable bonds is 12. The molecule has 170 valence electrons. The molecule has 0 heterocycles. The fraction of sp³-hybridized carbons (Fsp3) is 0.222. The molecule has 0 fully saturated rings. The number of benzene rings is 3. The van der Waals surface area contributed by atoms with Gasteiger partial charge in [-0.2, -0.15) is 5.10 Å². The van der Waals surface area contributed by atoms with Gasteiger partial charge in [0.2, 0.25) is 5.91 Å². The molecule has 3 rings (SSSR count). The molecule has 0 aliphatic rings. The molecule has 3 aromatic carbocycles. The van der Waals surface area contributed by atoms with Gasteiger partial charge in [0.1, 0.15) is 0 Å². The second-order valence-electron chi connectivity index (χ2n) is 7.70. The van der Waals surface area contributed by atoms with Crippen LogP contribution in [0, 0.1) is 0 Å². The molecule has 0 aromatic heterocycles. The van der Waals surface area contributed by atoms with Crippen molar-refractivity contribution in [2.45, 2.75) is 38.5 Å². The van der Waals surface area contributed by atoms with E-state index in [0.29, 0.717) is 12.8 Å². The summed E-state index contributed by atoms with van der Waals surface area (Å²) in [5, 5.41) is 12.7. The SMILES string of the molecule is O=C(O)CCCCCCC(=O)N/N=C/c1ccc(N(c2ccccc2)c2ccccc2)cc1. The number of carboxylic acids is 1. The fourth-order valence-electron chi connectivity index (χ4n) is 3.46. The predicted octanol–water partition coefficient (Wildman–Crippen LogP) is 6.03. The minimum absolute atomic E-state index is 0.138. The predicted molar refractivity (Wildman–Crippen MR) is 132 cm³/mol. The smallest absolute Gasteiger partial charge is 0.303 e. The Hall–Kier alpha value is -3.93. The third-order valence-corrected chi connectivity index (χ3v) is 5.13. The molecule has 2 N–H and O–H groups in total. The lowest BCUT2D eigenvalue weighted by Crippen LogP contribution is -2.16. The number of hydrazone groups is 1. The Morgan fingerprint density at radius 1 is 0.727 bits per heavy atom. The minimum Gasteiger partial charge on any atom is -0.481 e. The fourth-order valence-corrected chi connectivity index (χ4v) is 3.46. The van der Waals surface area contributed by atoms with E-state index in [1.54, 1.807) is 6.21 Å². The maximum atomic E-state index is 11.9. The summed E-state index contributed by atoms with van der Waals surface area (Å²) in [4.78, 5) is 24.6. The first-order valence-electron chi connectivity index (χ1n) is 11.2. The summed E-state index contributed by atoms with van der Waals surface area (Å²) in [5.74, 6) is -0.914. The van der Waals surface area contributed by atoms with Gasteiger partial charge in [-0.3, -0.25) is 9.59 Å². The van der Waals surface area contributed by atoms with Crippen molar-refractivity contribution in [1.82, 2.24) is 5.43 Å². The van der Waals surface area contributed by atoms with E-state index in [-0.39, 0.29) is 12.3 Å². The highest BCUT2D eigenvalue weighted by molar-refractivity contribution is 5.84. The number of aliphatic carboxylic acids is 1. The normalized spacial score (nSPS) is 10.8. The quantitative estimate of drug-likeness (QED) is 0.203. The Morgan fingerprint density at radius 2 is 1.24 bits per heavy atom. The van der Waals surface area contributed by atoms with Crippen molar-refractivity contribution < 1.29 is 14.7 Å². The molecule has 0 radical (unpaired) electrons. The van der Waals surface area contributed by atoms with Crippen LogP contribution >= 0.6 is 0 Å². The third-order valence-electron chi connectivity index (χ3n) is 5.13. The van der Waals surface area contributed by atoms with Crippen molar-refractivity contribution in [1.29, 1.82) is 0 Å². The standard InChI is InChI=1S/C27H29N3O3/c31-26(15-9-1-2-10-16-27(32)33)29-28-21-22-17-19-25(20-18-22)30(23-11-5-3-6-12-23)24-13-7-4-8-14-24/h3-8,11-14,17-21H,1-2,9-10,15-16H2,(H,29,31)(H,32,33)/b28-21+. The van der Waals surface area contributed by atoms with Crippen molar-refractivity contribution >= 4 is 35.2 Å². The van der Waals surface area contributed by atoms with Gasteiger partial charge in [0.15, 0.2) is 0 Å². The zero-order valence-electron chi connectivity index (χ0n) is 18.6. The Morgan fingerprint density at radius 3 is 1.79 bits per heavy atom. The Bertz CT molecular complexity index is 996. The van der Waals surface area contributed by atoms with Crippen LogP contribution in [-0.2, 0) is 9.59 Å². The molecule has 0 bridgehead atoms. The second kappa shape index (κ2) is 12.8. The zero-order valence-corrected chi connectivity index (χ0v) is 18.6. The number of hydrogen-bond donors (Lipinski definition) is 2. The van der Waals surface area contributed by atoms with E-state index in [1.165, 1.54) is 0 Å². The van der Waals surface area contributed by atoms with Gasteiger partial charge in [0, 0.05) is 29.9 Å². The topological polar surface area (TPSA) is 82.0 Å². The van der Waals surface area contributed by atoms with Crippen LogP contribution in [0.25, 0.3) is 0 Å². The van der Waals surface area contributed by atoms with Crippen LogP contribution in [-0.4, -0.2) is 23.2 Å². The minimum atomic E-state index is -0.775. The van der Waals surface area contributed by atoms with Crippen LogP contribution < -0.4 is 10.3 Å². The summed E-state index contributed by atoms with van der Waals surface area (Å²) < 4.78 is 0. The largest absolute Gasteiger partial charge is 0.481 e. The number of anilines is 3. The van der Waals surface area contributed by atoms with Gasteiger partial charge in [0.05, 0.1) is 6.21 Å². The van der Waals surface area contributed by atoms with Gasteiger partial charge in [-0.15, -0.1) is 0 Å². The maximum Gasteiger partial charge on any atom is 0.303 e. The van der Waals surface area contributed by atoms with Gasteiger partial charge in [-0.05, 0) is 54.8 Å². The van der Waals surface area contributed by atoms with Gasteiger partial charge >= 0.3 is 5.97 Å². The molecule has 0 atom stereocenters. The van der Waals surface area contributed by atoms with Crippen molar-refractivity contribution in [3.8, 4) is 0 Å². The molecule has 6 nitrogen and oxygen atoms in total. The Labute approximate surface area is 194 Å². The molecule has 3 aromatic rings. The number of carbonyl (C=O) groups excluding carboxylic acids is 1. The highest BCUT2D eigenvalue weighted by atomic mass is 16.4. The van der Waals surface area contributed by atoms with Crippen LogP contribution in [0.2, 0.25) is 0 Å². The molecular weight excluding hydrogens is 414 g/mol. The molecule has 0 spiro atoms. The van der Waals surface area contributed by atoms with Crippen molar-refractivity contribution in [2.75, 3.05) is 4.90 Å². The highest BCUT2D eigenvalue weighted by Gasteiger charge is 2.11. The summed E-state index contributed by atoms with van der Waals surface area (Å²) in [6.07, 6.45) is 5.23. The molecule has 0 aliphatic heterocycles. The number of nitrogens with zero attached hydrogens (tertiary/aromatic N) is 2. The third kappa shape index (κ3) is 7.92. The molecule has 0 saturated carbocycles. The number of hydrogen-bond acceptors (Lipinski definition) is 4. The first-order valence-corrected chi connectivity index (χ1v) is 11.2. The Balaban J connectivity index is 1.54. The van der Waals surface area contributed by atoms with Gasteiger partial charge in [-0.1, -0.05) is 61.4 Å². The average Bonchev–Trinajstić information content (AvgIpc) is 2.84. The van der Waals surface area contributed by atoms with E-state index >= 15 is 0 Å².